The normalized spacial score (nSPS) is 18.4. The van der Waals surface area contributed by atoms with Crippen LogP contribution in [0.3, 0.4) is 0 Å². The zero-order valence-corrected chi connectivity index (χ0v) is 19.2. The molecule has 0 spiro atoms. The van der Waals surface area contributed by atoms with E-state index in [0.717, 1.165) is 47.2 Å². The van der Waals surface area contributed by atoms with E-state index in [2.05, 4.69) is 10.2 Å². The maximum atomic E-state index is 13.0. The van der Waals surface area contributed by atoms with Crippen LogP contribution < -0.4 is 10.2 Å². The molecule has 1 aromatic heterocycles. The van der Waals surface area contributed by atoms with E-state index in [1.165, 1.54) is 10.4 Å². The minimum absolute atomic E-state index is 0.0967. The zero-order chi connectivity index (χ0) is 21.1. The highest BCUT2D eigenvalue weighted by atomic mass is 32.2. The fourth-order valence-electron chi connectivity index (χ4n) is 3.58. The van der Waals surface area contributed by atoms with Crippen molar-refractivity contribution in [2.24, 2.45) is 0 Å². The zero-order valence-electron chi connectivity index (χ0n) is 16.8. The maximum Gasteiger partial charge on any atom is 0.267 e. The Labute approximate surface area is 185 Å². The van der Waals surface area contributed by atoms with Gasteiger partial charge in [0.15, 0.2) is 0 Å². The van der Waals surface area contributed by atoms with Crippen LogP contribution in [0.5, 0.6) is 0 Å². The lowest BCUT2D eigenvalue weighted by Crippen LogP contribution is -2.38. The number of anilines is 2. The van der Waals surface area contributed by atoms with Crippen molar-refractivity contribution in [1.82, 2.24) is 4.31 Å². The summed E-state index contributed by atoms with van der Waals surface area (Å²) in [4.78, 5) is 15.5. The molecule has 162 valence electrons. The summed E-state index contributed by atoms with van der Waals surface area (Å²) < 4.78 is 33.0. The molecule has 4 rings (SSSR count). The van der Waals surface area contributed by atoms with E-state index in [9.17, 15) is 13.2 Å². The van der Waals surface area contributed by atoms with Gasteiger partial charge in [0.1, 0.15) is 9.77 Å². The van der Waals surface area contributed by atoms with Gasteiger partial charge < -0.3 is 15.0 Å². The average Bonchev–Trinajstić information content (AvgIpc) is 3.27. The molecule has 2 saturated heterocycles. The minimum atomic E-state index is -3.67. The number of thioether (sulfide) groups is 1. The van der Waals surface area contributed by atoms with Crippen LogP contribution >= 0.6 is 23.1 Å². The van der Waals surface area contributed by atoms with E-state index in [1.807, 2.05) is 25.1 Å². The Bertz CT molecular complexity index is 1010. The van der Waals surface area contributed by atoms with Gasteiger partial charge in [-0.05, 0) is 42.1 Å². The van der Waals surface area contributed by atoms with E-state index < -0.39 is 15.9 Å². The number of rotatable bonds is 5. The molecule has 1 N–H and O–H groups in total. The molecule has 0 unspecified atom stereocenters. The van der Waals surface area contributed by atoms with E-state index in [4.69, 9.17) is 4.74 Å². The number of carbonyl (C=O) groups is 1. The van der Waals surface area contributed by atoms with Crippen molar-refractivity contribution in [3.05, 3.63) is 40.1 Å². The van der Waals surface area contributed by atoms with Gasteiger partial charge in [-0.1, -0.05) is 0 Å². The smallest absolute Gasteiger partial charge is 0.267 e. The minimum Gasteiger partial charge on any atom is -0.378 e. The van der Waals surface area contributed by atoms with Gasteiger partial charge in [-0.3, -0.25) is 4.79 Å². The summed E-state index contributed by atoms with van der Waals surface area (Å²) in [5.74, 6) is 1.16. The Morgan fingerprint density at radius 2 is 1.83 bits per heavy atom. The van der Waals surface area contributed by atoms with E-state index in [-0.39, 0.29) is 9.77 Å². The Morgan fingerprint density at radius 1 is 1.10 bits per heavy atom. The van der Waals surface area contributed by atoms with Gasteiger partial charge in [0.25, 0.3) is 5.91 Å². The number of carbonyl (C=O) groups excluding carboxylic acids is 1. The second kappa shape index (κ2) is 9.27. The van der Waals surface area contributed by atoms with Crippen LogP contribution in [0.15, 0.2) is 34.5 Å². The van der Waals surface area contributed by atoms with Crippen LogP contribution in [0, 0.1) is 6.92 Å². The van der Waals surface area contributed by atoms with Gasteiger partial charge in [0, 0.05) is 49.1 Å². The quantitative estimate of drug-likeness (QED) is 0.729. The predicted octanol–water partition coefficient (Wildman–Crippen LogP) is 2.88. The van der Waals surface area contributed by atoms with Crippen molar-refractivity contribution < 1.29 is 17.9 Å². The fraction of sp³-hybridized carbons (Fsp3) is 0.450. The molecule has 0 saturated carbocycles. The third-order valence-corrected chi connectivity index (χ3v) is 9.18. The SMILES string of the molecule is Cc1cc(N2CCOCC2)ccc1NC(=O)c1sccc1S(=O)(=O)N1CCSCC1. The van der Waals surface area contributed by atoms with Gasteiger partial charge >= 0.3 is 0 Å². The first-order valence-corrected chi connectivity index (χ1v) is 13.3. The lowest BCUT2D eigenvalue weighted by molar-refractivity contribution is 0.102. The number of hydrogen-bond acceptors (Lipinski definition) is 7. The van der Waals surface area contributed by atoms with Crippen molar-refractivity contribution in [3.63, 3.8) is 0 Å². The Hall–Kier alpha value is -1.59. The van der Waals surface area contributed by atoms with Gasteiger partial charge in [0.05, 0.1) is 13.2 Å². The van der Waals surface area contributed by atoms with Crippen LogP contribution in [0.4, 0.5) is 11.4 Å². The van der Waals surface area contributed by atoms with Crippen LogP contribution in [-0.2, 0) is 14.8 Å². The number of ether oxygens (including phenoxy) is 1. The molecule has 3 heterocycles. The molecule has 1 aromatic carbocycles. The van der Waals surface area contributed by atoms with Gasteiger partial charge in [-0.25, -0.2) is 8.42 Å². The van der Waals surface area contributed by atoms with Crippen LogP contribution in [0.25, 0.3) is 0 Å². The summed E-state index contributed by atoms with van der Waals surface area (Å²) in [5.41, 5.74) is 2.71. The first-order valence-electron chi connectivity index (χ1n) is 9.87. The highest BCUT2D eigenvalue weighted by molar-refractivity contribution is 7.99. The van der Waals surface area contributed by atoms with Crippen LogP contribution in [-0.4, -0.2) is 69.5 Å². The van der Waals surface area contributed by atoms with E-state index in [0.29, 0.717) is 32.0 Å². The van der Waals surface area contributed by atoms with Crippen molar-refractivity contribution in [2.75, 3.05) is 61.1 Å². The lowest BCUT2D eigenvalue weighted by Gasteiger charge is -2.29. The Morgan fingerprint density at radius 3 is 2.53 bits per heavy atom. The summed E-state index contributed by atoms with van der Waals surface area (Å²) in [6, 6.07) is 7.43. The number of morpholine rings is 1. The number of benzene rings is 1. The molecule has 2 aliphatic rings. The van der Waals surface area contributed by atoms with Gasteiger partial charge in [-0.15, -0.1) is 11.3 Å². The number of aryl methyl sites for hydroxylation is 1. The molecule has 10 heteroatoms. The van der Waals surface area contributed by atoms with Crippen molar-refractivity contribution in [3.8, 4) is 0 Å². The molecule has 0 radical (unpaired) electrons. The molecule has 0 aliphatic carbocycles. The molecule has 2 aromatic rings. The average molecular weight is 468 g/mol. The molecule has 7 nitrogen and oxygen atoms in total. The molecule has 2 aliphatic heterocycles. The first kappa shape index (κ1) is 21.6. The predicted molar refractivity (Wildman–Crippen MR) is 123 cm³/mol. The lowest BCUT2D eigenvalue weighted by atomic mass is 10.1. The molecular formula is C20H25N3O4S3. The number of sulfonamides is 1. The largest absolute Gasteiger partial charge is 0.378 e. The number of amides is 1. The maximum absolute atomic E-state index is 13.0. The van der Waals surface area contributed by atoms with Crippen molar-refractivity contribution >= 4 is 50.4 Å². The molecule has 30 heavy (non-hydrogen) atoms. The van der Waals surface area contributed by atoms with Crippen LogP contribution in [0.2, 0.25) is 0 Å². The molecular weight excluding hydrogens is 442 g/mol. The summed E-state index contributed by atoms with van der Waals surface area (Å²) in [6.45, 7) is 6.01. The van der Waals surface area contributed by atoms with Gasteiger partial charge in [-0.2, -0.15) is 16.1 Å². The number of hydrogen-bond donors (Lipinski definition) is 1. The van der Waals surface area contributed by atoms with Gasteiger partial charge in [0.2, 0.25) is 10.0 Å². The Balaban J connectivity index is 1.52. The van der Waals surface area contributed by atoms with Crippen molar-refractivity contribution in [2.45, 2.75) is 11.8 Å². The topological polar surface area (TPSA) is 79.0 Å². The number of nitrogens with zero attached hydrogens (tertiary/aromatic N) is 2. The summed E-state index contributed by atoms with van der Waals surface area (Å²) >= 11 is 2.90. The van der Waals surface area contributed by atoms with E-state index >= 15 is 0 Å². The highest BCUT2D eigenvalue weighted by Gasteiger charge is 2.31. The van der Waals surface area contributed by atoms with E-state index in [1.54, 1.807) is 17.1 Å². The Kier molecular flexibility index (Phi) is 6.69. The third kappa shape index (κ3) is 4.52. The highest BCUT2D eigenvalue weighted by Crippen LogP contribution is 2.29. The molecule has 0 bridgehead atoms. The van der Waals surface area contributed by atoms with Crippen molar-refractivity contribution in [1.29, 1.82) is 0 Å². The standard InChI is InChI=1S/C20H25N3O4S3/c1-15-14-16(22-5-9-27-10-6-22)2-3-17(15)21-20(24)19-18(4-11-29-19)30(25,26)23-7-12-28-13-8-23/h2-4,11,14H,5-10,12-13H2,1H3,(H,21,24). The summed E-state index contributed by atoms with van der Waals surface area (Å²) in [5, 5.41) is 4.56. The monoisotopic (exact) mass is 467 g/mol. The fourth-order valence-corrected chi connectivity index (χ4v) is 7.45. The summed E-state index contributed by atoms with van der Waals surface area (Å²) in [7, 11) is -3.67. The summed E-state index contributed by atoms with van der Waals surface area (Å²) in [6.07, 6.45) is 0. The molecule has 2 fully saturated rings. The first-order chi connectivity index (χ1) is 14.5. The third-order valence-electron chi connectivity index (χ3n) is 5.26. The number of nitrogens with one attached hydrogen (secondary N) is 1. The number of thiophene rings is 1. The van der Waals surface area contributed by atoms with Crippen LogP contribution in [0.1, 0.15) is 15.2 Å². The second-order valence-electron chi connectivity index (χ2n) is 7.18. The molecule has 0 atom stereocenters. The molecule has 1 amide bonds. The second-order valence-corrected chi connectivity index (χ2v) is 11.2.